The van der Waals surface area contributed by atoms with E-state index in [1.165, 1.54) is 18.1 Å². The lowest BCUT2D eigenvalue weighted by Gasteiger charge is -2.33. The van der Waals surface area contributed by atoms with Crippen molar-refractivity contribution in [3.8, 4) is 17.3 Å². The molecule has 5 rings (SSSR count). The van der Waals surface area contributed by atoms with Gasteiger partial charge in [-0.2, -0.15) is 9.78 Å². The van der Waals surface area contributed by atoms with Gasteiger partial charge in [0.15, 0.2) is 11.3 Å². The molecule has 1 aliphatic rings. The van der Waals surface area contributed by atoms with Crippen LogP contribution in [0.1, 0.15) is 31.1 Å². The molecule has 4 aromatic rings. The molecule has 1 amide bonds. The normalized spacial score (nSPS) is 14.5. The summed E-state index contributed by atoms with van der Waals surface area (Å²) in [5.41, 5.74) is 1.89. The molecule has 0 aromatic carbocycles. The Bertz CT molecular complexity index is 1400. The maximum atomic E-state index is 13.2. The van der Waals surface area contributed by atoms with E-state index in [0.717, 1.165) is 0 Å². The Hall–Kier alpha value is -3.80. The van der Waals surface area contributed by atoms with E-state index in [1.807, 2.05) is 4.90 Å². The number of oxazole rings is 1. The Balaban J connectivity index is 1.27. The Morgan fingerprint density at radius 2 is 1.94 bits per heavy atom. The summed E-state index contributed by atoms with van der Waals surface area (Å²) in [7, 11) is 1.52. The summed E-state index contributed by atoms with van der Waals surface area (Å²) in [6.45, 7) is 9.02. The maximum absolute atomic E-state index is 13.2. The molecule has 0 unspecified atom stereocenters. The number of halogens is 1. The highest BCUT2D eigenvalue weighted by Crippen LogP contribution is 2.27. The van der Waals surface area contributed by atoms with Crippen molar-refractivity contribution in [3.63, 3.8) is 0 Å². The van der Waals surface area contributed by atoms with Gasteiger partial charge in [-0.15, -0.1) is 10.2 Å². The summed E-state index contributed by atoms with van der Waals surface area (Å²) in [5, 5.41) is 13.0. The van der Waals surface area contributed by atoms with Crippen LogP contribution in [0, 0.1) is 5.41 Å². The number of anilines is 1. The highest BCUT2D eigenvalue weighted by Gasteiger charge is 2.26. The summed E-state index contributed by atoms with van der Waals surface area (Å²) < 4.78 is 11.3. The van der Waals surface area contributed by atoms with Gasteiger partial charge in [0.25, 0.3) is 11.9 Å². The quantitative estimate of drug-likeness (QED) is 0.369. The molecule has 0 radical (unpaired) electrons. The molecule has 0 atom stereocenters. The number of rotatable bonds is 5. The van der Waals surface area contributed by atoms with Gasteiger partial charge in [-0.25, -0.2) is 9.97 Å². The molecule has 1 aliphatic heterocycles. The number of aromatic nitrogens is 7. The van der Waals surface area contributed by atoms with Crippen molar-refractivity contribution in [2.75, 3.05) is 38.2 Å². The summed E-state index contributed by atoms with van der Waals surface area (Å²) >= 11 is 5.94. The SMILES string of the molecule is COc1cc(C(=O)N2CCN(c3nc4nc(Cl)ccc4o3)CC2)cnc1-c1nnn(CC(C)(C)C)n1. The van der Waals surface area contributed by atoms with Gasteiger partial charge in [-0.3, -0.25) is 4.79 Å². The van der Waals surface area contributed by atoms with Crippen LogP contribution in [0.15, 0.2) is 28.8 Å². The van der Waals surface area contributed by atoms with Crippen LogP contribution in [-0.4, -0.2) is 79.3 Å². The number of amides is 1. The van der Waals surface area contributed by atoms with E-state index < -0.39 is 0 Å². The van der Waals surface area contributed by atoms with E-state index in [9.17, 15) is 4.79 Å². The van der Waals surface area contributed by atoms with Crippen LogP contribution in [0.5, 0.6) is 5.75 Å². The minimum absolute atomic E-state index is 0.000857. The number of methoxy groups -OCH3 is 1. The molecular weight excluding hydrogens is 486 g/mol. The summed E-state index contributed by atoms with van der Waals surface area (Å²) in [4.78, 5) is 31.5. The third-order valence-electron chi connectivity index (χ3n) is 5.65. The largest absolute Gasteiger partial charge is 0.494 e. The Kier molecular flexibility index (Phi) is 6.20. The standard InChI is InChI=1S/C23H26ClN9O3/c1-23(2,3)13-33-29-20(28-30-33)18-16(35-4)11-14(12-25-18)21(34)31-7-9-32(10-8-31)22-27-19-15(36-22)5-6-17(24)26-19/h5-6,11-12H,7-10,13H2,1-4H3. The van der Waals surface area contributed by atoms with Gasteiger partial charge in [0.05, 0.1) is 19.2 Å². The molecular formula is C23H26ClN9O3. The molecule has 0 spiro atoms. The van der Waals surface area contributed by atoms with Gasteiger partial charge >= 0.3 is 0 Å². The van der Waals surface area contributed by atoms with E-state index >= 15 is 0 Å². The zero-order valence-electron chi connectivity index (χ0n) is 20.5. The van der Waals surface area contributed by atoms with Crippen molar-refractivity contribution in [1.29, 1.82) is 0 Å². The highest BCUT2D eigenvalue weighted by molar-refractivity contribution is 6.29. The molecule has 36 heavy (non-hydrogen) atoms. The number of nitrogens with zero attached hydrogens (tertiary/aromatic N) is 9. The number of tetrazole rings is 1. The van der Waals surface area contributed by atoms with Crippen molar-refractivity contribution in [1.82, 2.24) is 40.1 Å². The first-order chi connectivity index (χ1) is 17.2. The van der Waals surface area contributed by atoms with Gasteiger partial charge in [0.1, 0.15) is 10.9 Å². The second kappa shape index (κ2) is 9.34. The number of fused-ring (bicyclic) bond motifs is 1. The molecule has 5 heterocycles. The lowest BCUT2D eigenvalue weighted by Crippen LogP contribution is -2.49. The molecule has 0 aliphatic carbocycles. The number of pyridine rings is 2. The van der Waals surface area contributed by atoms with Crippen LogP contribution in [0.3, 0.4) is 0 Å². The fourth-order valence-corrected chi connectivity index (χ4v) is 4.06. The van der Waals surface area contributed by atoms with E-state index in [4.69, 9.17) is 20.8 Å². The number of carbonyl (C=O) groups excluding carboxylic acids is 1. The third kappa shape index (κ3) is 4.94. The summed E-state index contributed by atoms with van der Waals surface area (Å²) in [5.74, 6) is 0.618. The minimum atomic E-state index is -0.137. The molecule has 13 heteroatoms. The maximum Gasteiger partial charge on any atom is 0.300 e. The first-order valence-electron chi connectivity index (χ1n) is 11.5. The van der Waals surface area contributed by atoms with Gasteiger partial charge < -0.3 is 19.0 Å². The number of hydrogen-bond donors (Lipinski definition) is 0. The first kappa shape index (κ1) is 23.9. The molecule has 1 fully saturated rings. The van der Waals surface area contributed by atoms with E-state index in [-0.39, 0.29) is 11.3 Å². The van der Waals surface area contributed by atoms with Crippen molar-refractivity contribution < 1.29 is 13.9 Å². The monoisotopic (exact) mass is 511 g/mol. The molecule has 0 saturated carbocycles. The molecule has 188 valence electrons. The smallest absolute Gasteiger partial charge is 0.300 e. The number of hydrogen-bond acceptors (Lipinski definition) is 10. The number of carbonyl (C=O) groups is 1. The molecule has 12 nitrogen and oxygen atoms in total. The van der Waals surface area contributed by atoms with Crippen molar-refractivity contribution in [3.05, 3.63) is 35.1 Å². The number of ether oxygens (including phenoxy) is 1. The van der Waals surface area contributed by atoms with Crippen molar-refractivity contribution >= 4 is 34.8 Å². The molecule has 0 N–H and O–H groups in total. The highest BCUT2D eigenvalue weighted by atomic mass is 35.5. The molecule has 1 saturated heterocycles. The lowest BCUT2D eigenvalue weighted by atomic mass is 9.97. The van der Waals surface area contributed by atoms with Gasteiger partial charge in [-0.05, 0) is 28.8 Å². The fraction of sp³-hybridized carbons (Fsp3) is 0.435. The van der Waals surface area contributed by atoms with E-state index in [2.05, 4.69) is 51.1 Å². The first-order valence-corrected chi connectivity index (χ1v) is 11.9. The Morgan fingerprint density at radius 3 is 2.67 bits per heavy atom. The Morgan fingerprint density at radius 1 is 1.17 bits per heavy atom. The molecule has 0 bridgehead atoms. The van der Waals surface area contributed by atoms with Gasteiger partial charge in [0, 0.05) is 32.4 Å². The van der Waals surface area contributed by atoms with Crippen LogP contribution >= 0.6 is 11.6 Å². The predicted molar refractivity (Wildman–Crippen MR) is 132 cm³/mol. The average molecular weight is 512 g/mol. The van der Waals surface area contributed by atoms with Crippen molar-refractivity contribution in [2.24, 2.45) is 5.41 Å². The third-order valence-corrected chi connectivity index (χ3v) is 5.86. The van der Waals surface area contributed by atoms with Gasteiger partial charge in [-0.1, -0.05) is 32.4 Å². The van der Waals surface area contributed by atoms with Gasteiger partial charge in [0.2, 0.25) is 11.5 Å². The zero-order valence-corrected chi connectivity index (χ0v) is 21.2. The minimum Gasteiger partial charge on any atom is -0.494 e. The second-order valence-electron chi connectivity index (χ2n) is 9.71. The summed E-state index contributed by atoms with van der Waals surface area (Å²) in [6, 6.07) is 5.53. The van der Waals surface area contributed by atoms with Crippen LogP contribution < -0.4 is 9.64 Å². The Labute approximate surface area is 212 Å². The van der Waals surface area contributed by atoms with E-state index in [1.54, 1.807) is 23.1 Å². The molecule has 4 aromatic heterocycles. The topological polar surface area (TPSA) is 128 Å². The van der Waals surface area contributed by atoms with Crippen LogP contribution in [0.25, 0.3) is 22.7 Å². The summed E-state index contributed by atoms with van der Waals surface area (Å²) in [6.07, 6.45) is 1.52. The second-order valence-corrected chi connectivity index (χ2v) is 10.1. The van der Waals surface area contributed by atoms with Crippen LogP contribution in [-0.2, 0) is 6.54 Å². The predicted octanol–water partition coefficient (Wildman–Crippen LogP) is 2.94. The fourth-order valence-electron chi connectivity index (χ4n) is 3.92. The lowest BCUT2D eigenvalue weighted by molar-refractivity contribution is 0.0744. The van der Waals surface area contributed by atoms with Crippen LogP contribution in [0.4, 0.5) is 6.01 Å². The average Bonchev–Trinajstić information content (AvgIpc) is 3.48. The van der Waals surface area contributed by atoms with Crippen molar-refractivity contribution in [2.45, 2.75) is 27.3 Å². The number of piperazine rings is 1. The zero-order chi connectivity index (χ0) is 25.4. The van der Waals surface area contributed by atoms with E-state index in [0.29, 0.717) is 78.0 Å². The van der Waals surface area contributed by atoms with Crippen LogP contribution in [0.2, 0.25) is 5.15 Å².